The number of furan rings is 1. The SMILES string of the molecule is O=S1(=O)C[C@H]([NH2+]C[C@H](c2ccco2)[NH+]2CCCCC2)[C@@H](O)C1. The first-order valence-corrected chi connectivity index (χ1v) is 9.97. The van der Waals surface area contributed by atoms with Crippen LogP contribution in [-0.2, 0) is 9.84 Å². The first kappa shape index (κ1) is 16.0. The number of likely N-dealkylation sites (tertiary alicyclic amines) is 1. The number of rotatable bonds is 5. The van der Waals surface area contributed by atoms with Crippen LogP contribution < -0.4 is 10.2 Å². The number of piperidine rings is 1. The first-order valence-electron chi connectivity index (χ1n) is 8.15. The lowest BCUT2D eigenvalue weighted by atomic mass is 10.1. The van der Waals surface area contributed by atoms with Gasteiger partial charge in [-0.1, -0.05) is 0 Å². The number of hydrogen-bond donors (Lipinski definition) is 3. The minimum absolute atomic E-state index is 0.0778. The molecule has 2 saturated heterocycles. The molecule has 0 radical (unpaired) electrons. The van der Waals surface area contributed by atoms with Crippen LogP contribution in [0.15, 0.2) is 22.8 Å². The Morgan fingerprint density at radius 1 is 1.32 bits per heavy atom. The fourth-order valence-corrected chi connectivity index (χ4v) is 5.57. The van der Waals surface area contributed by atoms with Crippen molar-refractivity contribution in [2.24, 2.45) is 0 Å². The molecule has 2 aliphatic rings. The van der Waals surface area contributed by atoms with Gasteiger partial charge in [0.1, 0.15) is 24.4 Å². The second-order valence-corrected chi connectivity index (χ2v) is 8.72. The quantitative estimate of drug-likeness (QED) is 0.589. The predicted octanol–water partition coefficient (Wildman–Crippen LogP) is -1.89. The van der Waals surface area contributed by atoms with Gasteiger partial charge in [-0.2, -0.15) is 0 Å². The molecule has 22 heavy (non-hydrogen) atoms. The molecule has 4 N–H and O–H groups in total. The molecule has 7 heteroatoms. The third-order valence-corrected chi connectivity index (χ3v) is 6.66. The molecule has 1 aromatic heterocycles. The second-order valence-electron chi connectivity index (χ2n) is 6.57. The van der Waals surface area contributed by atoms with Crippen LogP contribution in [0.5, 0.6) is 0 Å². The molecule has 124 valence electrons. The van der Waals surface area contributed by atoms with Gasteiger partial charge in [-0.25, -0.2) is 8.42 Å². The Balaban J connectivity index is 1.65. The topological polar surface area (TPSA) is 88.6 Å². The van der Waals surface area contributed by atoms with Crippen LogP contribution in [0.3, 0.4) is 0 Å². The van der Waals surface area contributed by atoms with Crippen molar-refractivity contribution in [2.75, 3.05) is 31.1 Å². The molecule has 1 aromatic rings. The molecule has 0 bridgehead atoms. The van der Waals surface area contributed by atoms with E-state index in [0.29, 0.717) is 0 Å². The molecule has 0 aromatic carbocycles. The molecule has 0 spiro atoms. The summed E-state index contributed by atoms with van der Waals surface area (Å²) < 4.78 is 28.9. The molecule has 0 aliphatic carbocycles. The third kappa shape index (κ3) is 3.71. The van der Waals surface area contributed by atoms with Gasteiger partial charge in [0.2, 0.25) is 0 Å². The molecule has 3 heterocycles. The lowest BCUT2D eigenvalue weighted by Gasteiger charge is -2.30. The molecule has 0 unspecified atom stereocenters. The summed E-state index contributed by atoms with van der Waals surface area (Å²) >= 11 is 0. The fraction of sp³-hybridized carbons (Fsp3) is 0.733. The van der Waals surface area contributed by atoms with E-state index in [1.165, 1.54) is 24.2 Å². The van der Waals surface area contributed by atoms with Crippen LogP contribution >= 0.6 is 0 Å². The molecule has 0 saturated carbocycles. The van der Waals surface area contributed by atoms with Crippen molar-refractivity contribution in [1.29, 1.82) is 0 Å². The molecule has 6 nitrogen and oxygen atoms in total. The van der Waals surface area contributed by atoms with E-state index in [0.717, 1.165) is 25.4 Å². The number of aliphatic hydroxyl groups is 1. The molecule has 3 atom stereocenters. The number of aliphatic hydroxyl groups excluding tert-OH is 1. The average molecular weight is 330 g/mol. The molecule has 2 aliphatic heterocycles. The van der Waals surface area contributed by atoms with Gasteiger partial charge in [0.05, 0.1) is 25.1 Å². The van der Waals surface area contributed by atoms with E-state index in [1.807, 2.05) is 17.4 Å². The zero-order chi connectivity index (χ0) is 15.6. The summed E-state index contributed by atoms with van der Waals surface area (Å²) in [7, 11) is -3.08. The molecular weight excluding hydrogens is 304 g/mol. The van der Waals surface area contributed by atoms with E-state index in [2.05, 4.69) is 0 Å². The number of sulfone groups is 1. The maximum absolute atomic E-state index is 11.6. The lowest BCUT2D eigenvalue weighted by Crippen LogP contribution is -3.16. The summed E-state index contributed by atoms with van der Waals surface area (Å²) in [5.41, 5.74) is 0. The molecule has 0 amide bonds. The van der Waals surface area contributed by atoms with Gasteiger partial charge in [0.15, 0.2) is 21.6 Å². The smallest absolute Gasteiger partial charge is 0.195 e. The van der Waals surface area contributed by atoms with Crippen molar-refractivity contribution < 1.29 is 28.2 Å². The Hall–Kier alpha value is -0.890. The summed E-state index contributed by atoms with van der Waals surface area (Å²) in [5, 5.41) is 11.9. The van der Waals surface area contributed by atoms with Crippen molar-refractivity contribution >= 4 is 9.84 Å². The Morgan fingerprint density at radius 3 is 2.68 bits per heavy atom. The Bertz CT molecular complexity index is 566. The van der Waals surface area contributed by atoms with Crippen molar-refractivity contribution in [1.82, 2.24) is 0 Å². The normalized spacial score (nSPS) is 30.4. The predicted molar refractivity (Wildman–Crippen MR) is 81.2 cm³/mol. The monoisotopic (exact) mass is 330 g/mol. The summed E-state index contributed by atoms with van der Waals surface area (Å²) in [6, 6.07) is 3.89. The minimum Gasteiger partial charge on any atom is -0.463 e. The number of nitrogens with one attached hydrogen (secondary N) is 1. The van der Waals surface area contributed by atoms with Gasteiger partial charge in [0, 0.05) is 0 Å². The number of nitrogens with two attached hydrogens (primary N) is 1. The Labute approximate surface area is 131 Å². The van der Waals surface area contributed by atoms with Crippen LogP contribution in [0.4, 0.5) is 0 Å². The highest BCUT2D eigenvalue weighted by Gasteiger charge is 2.40. The van der Waals surface area contributed by atoms with Gasteiger partial charge >= 0.3 is 0 Å². The summed E-state index contributed by atoms with van der Waals surface area (Å²) in [5.74, 6) is 0.938. The van der Waals surface area contributed by atoms with Crippen molar-refractivity contribution in [2.45, 2.75) is 37.5 Å². The van der Waals surface area contributed by atoms with E-state index >= 15 is 0 Å². The van der Waals surface area contributed by atoms with Gasteiger partial charge in [-0.3, -0.25) is 0 Å². The summed E-state index contributed by atoms with van der Waals surface area (Å²) in [4.78, 5) is 1.51. The largest absolute Gasteiger partial charge is 0.463 e. The van der Waals surface area contributed by atoms with Crippen LogP contribution in [0.1, 0.15) is 31.1 Å². The van der Waals surface area contributed by atoms with Gasteiger partial charge in [-0.15, -0.1) is 0 Å². The van der Waals surface area contributed by atoms with Gasteiger partial charge < -0.3 is 19.7 Å². The Morgan fingerprint density at radius 2 is 2.09 bits per heavy atom. The average Bonchev–Trinajstić information content (AvgIpc) is 3.09. The summed E-state index contributed by atoms with van der Waals surface area (Å²) in [6.45, 7) is 3.01. The van der Waals surface area contributed by atoms with Crippen molar-refractivity contribution in [3.05, 3.63) is 24.2 Å². The minimum atomic E-state index is -3.08. The third-order valence-electron chi connectivity index (χ3n) is 4.92. The van der Waals surface area contributed by atoms with E-state index < -0.39 is 15.9 Å². The molecular formula is C15H26N2O4S+2. The van der Waals surface area contributed by atoms with E-state index in [1.54, 1.807) is 6.26 Å². The Kier molecular flexibility index (Phi) is 4.87. The fourth-order valence-electron chi connectivity index (χ4n) is 3.72. The van der Waals surface area contributed by atoms with Crippen LogP contribution in [-0.4, -0.2) is 56.8 Å². The maximum atomic E-state index is 11.6. The zero-order valence-corrected chi connectivity index (χ0v) is 13.6. The number of quaternary nitrogens is 2. The lowest BCUT2D eigenvalue weighted by molar-refractivity contribution is -0.951. The van der Waals surface area contributed by atoms with Gasteiger partial charge in [-0.05, 0) is 31.4 Å². The number of hydrogen-bond acceptors (Lipinski definition) is 4. The zero-order valence-electron chi connectivity index (χ0n) is 12.8. The standard InChI is InChI=1S/C15H24N2O4S/c18-14-11-22(19,20)10-12(14)16-9-13(15-5-4-8-21-15)17-6-2-1-3-7-17/h4-5,8,12-14,16,18H,1-3,6-7,9-11H2/p+2/t12-,13+,14-/m0/s1. The van der Waals surface area contributed by atoms with E-state index in [-0.39, 0.29) is 23.6 Å². The van der Waals surface area contributed by atoms with E-state index in [9.17, 15) is 13.5 Å². The summed E-state index contributed by atoms with van der Waals surface area (Å²) in [6.07, 6.45) is 4.69. The van der Waals surface area contributed by atoms with Crippen molar-refractivity contribution in [3.63, 3.8) is 0 Å². The maximum Gasteiger partial charge on any atom is 0.195 e. The molecule has 3 rings (SSSR count). The van der Waals surface area contributed by atoms with Crippen LogP contribution in [0, 0.1) is 0 Å². The van der Waals surface area contributed by atoms with E-state index in [4.69, 9.17) is 4.42 Å². The highest BCUT2D eigenvalue weighted by molar-refractivity contribution is 7.91. The van der Waals surface area contributed by atoms with Crippen molar-refractivity contribution in [3.8, 4) is 0 Å². The first-order chi connectivity index (χ1) is 10.6. The van der Waals surface area contributed by atoms with Crippen LogP contribution in [0.25, 0.3) is 0 Å². The van der Waals surface area contributed by atoms with Gasteiger partial charge in [0.25, 0.3) is 0 Å². The highest BCUT2D eigenvalue weighted by Crippen LogP contribution is 2.12. The second kappa shape index (κ2) is 6.70. The highest BCUT2D eigenvalue weighted by atomic mass is 32.2. The van der Waals surface area contributed by atoms with Crippen LogP contribution in [0.2, 0.25) is 0 Å². The molecule has 2 fully saturated rings.